The van der Waals surface area contributed by atoms with E-state index >= 15 is 0 Å². The Kier molecular flexibility index (Phi) is 5.67. The van der Waals surface area contributed by atoms with E-state index < -0.39 is 0 Å². The molecule has 6 heteroatoms. The molecule has 0 saturated heterocycles. The Bertz CT molecular complexity index is 604. The highest BCUT2D eigenvalue weighted by molar-refractivity contribution is 6.35. The standard InChI is InChI=1S/C14H11Cl4NO/c15-9-2-4-14(12(18)7-9)20-6-5-19-13-8-10(16)1-3-11(13)17/h1-4,7-8,19H,5-6H2. The van der Waals surface area contributed by atoms with Gasteiger partial charge in [0, 0.05) is 16.6 Å². The van der Waals surface area contributed by atoms with Crippen LogP contribution < -0.4 is 10.1 Å². The van der Waals surface area contributed by atoms with Crippen LogP contribution in [-0.4, -0.2) is 13.2 Å². The first-order valence-electron chi connectivity index (χ1n) is 5.83. The predicted molar refractivity (Wildman–Crippen MR) is 86.9 cm³/mol. The molecule has 0 fully saturated rings. The maximum Gasteiger partial charge on any atom is 0.138 e. The molecule has 0 heterocycles. The molecule has 0 amide bonds. The monoisotopic (exact) mass is 349 g/mol. The van der Waals surface area contributed by atoms with Gasteiger partial charge in [-0.15, -0.1) is 0 Å². The molecule has 0 unspecified atom stereocenters. The van der Waals surface area contributed by atoms with E-state index in [1.807, 2.05) is 0 Å². The lowest BCUT2D eigenvalue weighted by Gasteiger charge is -2.11. The minimum absolute atomic E-state index is 0.435. The second-order valence-electron chi connectivity index (χ2n) is 3.97. The fourth-order valence-electron chi connectivity index (χ4n) is 1.57. The van der Waals surface area contributed by atoms with Crippen molar-refractivity contribution in [3.05, 3.63) is 56.5 Å². The summed E-state index contributed by atoms with van der Waals surface area (Å²) in [5, 5.41) is 5.44. The number of anilines is 1. The third kappa shape index (κ3) is 4.35. The van der Waals surface area contributed by atoms with Gasteiger partial charge in [0.2, 0.25) is 0 Å². The van der Waals surface area contributed by atoms with Gasteiger partial charge in [-0.1, -0.05) is 46.4 Å². The molecule has 2 rings (SSSR count). The van der Waals surface area contributed by atoms with Gasteiger partial charge in [0.05, 0.1) is 15.7 Å². The fraction of sp³-hybridized carbons (Fsp3) is 0.143. The number of hydrogen-bond donors (Lipinski definition) is 1. The van der Waals surface area contributed by atoms with E-state index in [1.54, 1.807) is 36.4 Å². The lowest BCUT2D eigenvalue weighted by molar-refractivity contribution is 0.333. The largest absolute Gasteiger partial charge is 0.490 e. The van der Waals surface area contributed by atoms with Crippen LogP contribution in [0.15, 0.2) is 36.4 Å². The van der Waals surface area contributed by atoms with Crippen LogP contribution in [0.2, 0.25) is 20.1 Å². The van der Waals surface area contributed by atoms with Gasteiger partial charge in [-0.25, -0.2) is 0 Å². The molecular weight excluding hydrogens is 340 g/mol. The highest BCUT2D eigenvalue weighted by atomic mass is 35.5. The first-order valence-corrected chi connectivity index (χ1v) is 7.34. The summed E-state index contributed by atoms with van der Waals surface area (Å²) in [6, 6.07) is 10.3. The van der Waals surface area contributed by atoms with E-state index in [2.05, 4.69) is 5.32 Å². The zero-order chi connectivity index (χ0) is 14.5. The molecule has 0 bridgehead atoms. The molecule has 0 radical (unpaired) electrons. The third-order valence-electron chi connectivity index (χ3n) is 2.50. The van der Waals surface area contributed by atoms with Crippen LogP contribution in [-0.2, 0) is 0 Å². The van der Waals surface area contributed by atoms with Gasteiger partial charge in [0.15, 0.2) is 0 Å². The SMILES string of the molecule is Clc1ccc(OCCNc2cc(Cl)ccc2Cl)c(Cl)c1. The molecular formula is C14H11Cl4NO. The van der Waals surface area contributed by atoms with Crippen molar-refractivity contribution in [2.45, 2.75) is 0 Å². The van der Waals surface area contributed by atoms with Crippen LogP contribution in [0, 0.1) is 0 Å². The Hall–Kier alpha value is -0.800. The van der Waals surface area contributed by atoms with Crippen molar-refractivity contribution in [3.63, 3.8) is 0 Å². The lowest BCUT2D eigenvalue weighted by atomic mass is 10.3. The van der Waals surface area contributed by atoms with E-state index in [1.165, 1.54) is 0 Å². The number of halogens is 4. The van der Waals surface area contributed by atoms with Crippen LogP contribution >= 0.6 is 46.4 Å². The van der Waals surface area contributed by atoms with Gasteiger partial charge < -0.3 is 10.1 Å². The Morgan fingerprint density at radius 1 is 0.850 bits per heavy atom. The van der Waals surface area contributed by atoms with E-state index in [0.29, 0.717) is 39.0 Å². The van der Waals surface area contributed by atoms with Gasteiger partial charge >= 0.3 is 0 Å². The van der Waals surface area contributed by atoms with Crippen molar-refractivity contribution in [2.24, 2.45) is 0 Å². The quantitative estimate of drug-likeness (QED) is 0.689. The summed E-state index contributed by atoms with van der Waals surface area (Å²) in [4.78, 5) is 0. The van der Waals surface area contributed by atoms with Crippen molar-refractivity contribution in [1.82, 2.24) is 0 Å². The maximum absolute atomic E-state index is 6.04. The van der Waals surface area contributed by atoms with E-state index in [4.69, 9.17) is 51.1 Å². The minimum Gasteiger partial charge on any atom is -0.490 e. The Labute approximate surface area is 137 Å². The summed E-state index contributed by atoms with van der Waals surface area (Å²) >= 11 is 23.8. The fourth-order valence-corrected chi connectivity index (χ4v) is 2.39. The minimum atomic E-state index is 0.435. The predicted octanol–water partition coefficient (Wildman–Crippen LogP) is 5.79. The third-order valence-corrected chi connectivity index (χ3v) is 3.59. The molecule has 2 aromatic carbocycles. The average molecular weight is 351 g/mol. The van der Waals surface area contributed by atoms with Crippen LogP contribution in [0.25, 0.3) is 0 Å². The number of rotatable bonds is 5. The molecule has 0 aliphatic heterocycles. The smallest absolute Gasteiger partial charge is 0.138 e. The molecule has 2 nitrogen and oxygen atoms in total. The molecule has 106 valence electrons. The van der Waals surface area contributed by atoms with E-state index in [-0.39, 0.29) is 0 Å². The highest BCUT2D eigenvalue weighted by Crippen LogP contribution is 2.28. The zero-order valence-electron chi connectivity index (χ0n) is 10.3. The van der Waals surface area contributed by atoms with Gasteiger partial charge in [0.1, 0.15) is 12.4 Å². The molecule has 0 saturated carbocycles. The highest BCUT2D eigenvalue weighted by Gasteiger charge is 2.03. The van der Waals surface area contributed by atoms with Crippen LogP contribution in [0.1, 0.15) is 0 Å². The summed E-state index contributed by atoms with van der Waals surface area (Å²) in [5.74, 6) is 0.593. The van der Waals surface area contributed by atoms with Crippen LogP contribution in [0.3, 0.4) is 0 Å². The van der Waals surface area contributed by atoms with Crippen LogP contribution in [0.5, 0.6) is 5.75 Å². The topological polar surface area (TPSA) is 21.3 Å². The number of benzene rings is 2. The Morgan fingerprint density at radius 2 is 1.55 bits per heavy atom. The van der Waals surface area contributed by atoms with Crippen molar-refractivity contribution in [2.75, 3.05) is 18.5 Å². The molecule has 0 aliphatic carbocycles. The van der Waals surface area contributed by atoms with Gasteiger partial charge in [-0.2, -0.15) is 0 Å². The Balaban J connectivity index is 1.86. The second-order valence-corrected chi connectivity index (χ2v) is 5.66. The Morgan fingerprint density at radius 3 is 2.30 bits per heavy atom. The summed E-state index contributed by atoms with van der Waals surface area (Å²) < 4.78 is 5.55. The van der Waals surface area contributed by atoms with E-state index in [9.17, 15) is 0 Å². The normalized spacial score (nSPS) is 10.4. The summed E-state index contributed by atoms with van der Waals surface area (Å²) in [7, 11) is 0. The van der Waals surface area contributed by atoms with Crippen molar-refractivity contribution < 1.29 is 4.74 Å². The number of hydrogen-bond acceptors (Lipinski definition) is 2. The van der Waals surface area contributed by atoms with Crippen LogP contribution in [0.4, 0.5) is 5.69 Å². The van der Waals surface area contributed by atoms with E-state index in [0.717, 1.165) is 5.69 Å². The molecule has 0 aromatic heterocycles. The molecule has 0 atom stereocenters. The molecule has 0 spiro atoms. The van der Waals surface area contributed by atoms with Crippen molar-refractivity contribution in [1.29, 1.82) is 0 Å². The summed E-state index contributed by atoms with van der Waals surface area (Å²) in [5.41, 5.74) is 0.768. The van der Waals surface area contributed by atoms with Crippen molar-refractivity contribution in [3.8, 4) is 5.75 Å². The first-order chi connectivity index (χ1) is 9.56. The van der Waals surface area contributed by atoms with Crippen molar-refractivity contribution >= 4 is 52.1 Å². The molecule has 2 aromatic rings. The molecule has 1 N–H and O–H groups in total. The average Bonchev–Trinajstić information content (AvgIpc) is 2.40. The first kappa shape index (κ1) is 15.6. The molecule has 20 heavy (non-hydrogen) atoms. The zero-order valence-corrected chi connectivity index (χ0v) is 13.3. The van der Waals surface area contributed by atoms with Gasteiger partial charge in [-0.05, 0) is 36.4 Å². The second kappa shape index (κ2) is 7.28. The van der Waals surface area contributed by atoms with Gasteiger partial charge in [0.25, 0.3) is 0 Å². The molecule has 0 aliphatic rings. The van der Waals surface area contributed by atoms with Gasteiger partial charge in [-0.3, -0.25) is 0 Å². The summed E-state index contributed by atoms with van der Waals surface area (Å²) in [6.45, 7) is 1.00. The maximum atomic E-state index is 6.04. The number of ether oxygens (including phenoxy) is 1. The summed E-state index contributed by atoms with van der Waals surface area (Å²) in [6.07, 6.45) is 0. The number of nitrogens with one attached hydrogen (secondary N) is 1. The lowest BCUT2D eigenvalue weighted by Crippen LogP contribution is -2.11.